The average molecular weight is 419 g/mol. The fraction of sp³-hybridized carbons (Fsp3) is 0.0500. The van der Waals surface area contributed by atoms with Gasteiger partial charge in [-0.05, 0) is 42.5 Å². The molecule has 0 aliphatic rings. The van der Waals surface area contributed by atoms with Crippen molar-refractivity contribution in [2.24, 2.45) is 0 Å². The smallest absolute Gasteiger partial charge is 0.264 e. The zero-order valence-corrected chi connectivity index (χ0v) is 16.3. The molecule has 0 heterocycles. The van der Waals surface area contributed by atoms with Gasteiger partial charge in [0.1, 0.15) is 5.82 Å². The van der Waals surface area contributed by atoms with Crippen molar-refractivity contribution in [3.63, 3.8) is 0 Å². The van der Waals surface area contributed by atoms with Gasteiger partial charge in [0.2, 0.25) is 0 Å². The lowest BCUT2D eigenvalue weighted by atomic mass is 10.2. The summed E-state index contributed by atoms with van der Waals surface area (Å²) in [5.41, 5.74) is 0.409. The molecule has 8 heteroatoms. The van der Waals surface area contributed by atoms with Crippen molar-refractivity contribution in [3.05, 3.63) is 89.2 Å². The van der Waals surface area contributed by atoms with Gasteiger partial charge in [0, 0.05) is 7.05 Å². The molecular formula is C20H16ClFN2O3S. The highest BCUT2D eigenvalue weighted by Gasteiger charge is 2.22. The number of hydrogen-bond donors (Lipinski definition) is 1. The molecule has 0 saturated heterocycles. The summed E-state index contributed by atoms with van der Waals surface area (Å²) in [6.45, 7) is 0. The molecule has 0 radical (unpaired) electrons. The highest BCUT2D eigenvalue weighted by Crippen LogP contribution is 2.28. The Labute approximate surface area is 167 Å². The van der Waals surface area contributed by atoms with Gasteiger partial charge in [0.05, 0.1) is 26.9 Å². The molecule has 0 bridgehead atoms. The van der Waals surface area contributed by atoms with E-state index >= 15 is 0 Å². The first-order valence-corrected chi connectivity index (χ1v) is 10.0. The number of anilines is 2. The molecule has 5 nitrogen and oxygen atoms in total. The lowest BCUT2D eigenvalue weighted by molar-refractivity contribution is 0.102. The van der Waals surface area contributed by atoms with Gasteiger partial charge in [-0.3, -0.25) is 9.10 Å². The second kappa shape index (κ2) is 8.00. The zero-order chi connectivity index (χ0) is 20.3. The fourth-order valence-electron chi connectivity index (χ4n) is 2.53. The van der Waals surface area contributed by atoms with Crippen molar-refractivity contribution < 1.29 is 17.6 Å². The van der Waals surface area contributed by atoms with Gasteiger partial charge < -0.3 is 5.32 Å². The Morgan fingerprint density at radius 1 is 1.00 bits per heavy atom. The van der Waals surface area contributed by atoms with E-state index < -0.39 is 21.7 Å². The Hall–Kier alpha value is -2.90. The van der Waals surface area contributed by atoms with Gasteiger partial charge in [0.25, 0.3) is 15.9 Å². The van der Waals surface area contributed by atoms with Crippen molar-refractivity contribution in [2.45, 2.75) is 4.90 Å². The van der Waals surface area contributed by atoms with Crippen LogP contribution in [0.4, 0.5) is 15.8 Å². The van der Waals surface area contributed by atoms with Crippen LogP contribution in [0.5, 0.6) is 0 Å². The largest absolute Gasteiger partial charge is 0.319 e. The molecule has 1 amide bonds. The van der Waals surface area contributed by atoms with Gasteiger partial charge in [-0.1, -0.05) is 41.9 Å². The number of carbonyl (C=O) groups is 1. The van der Waals surface area contributed by atoms with E-state index in [2.05, 4.69) is 5.32 Å². The quantitative estimate of drug-likeness (QED) is 0.660. The van der Waals surface area contributed by atoms with Gasteiger partial charge in [-0.2, -0.15) is 0 Å². The maximum Gasteiger partial charge on any atom is 0.264 e. The molecule has 1 N–H and O–H groups in total. The molecule has 0 aliphatic carbocycles. The first-order valence-electron chi connectivity index (χ1n) is 8.20. The monoisotopic (exact) mass is 418 g/mol. The van der Waals surface area contributed by atoms with Crippen LogP contribution in [0.3, 0.4) is 0 Å². The number of nitrogens with zero attached hydrogens (tertiary/aromatic N) is 1. The first-order chi connectivity index (χ1) is 13.3. The summed E-state index contributed by atoms with van der Waals surface area (Å²) in [6.07, 6.45) is 0. The van der Waals surface area contributed by atoms with E-state index in [0.29, 0.717) is 0 Å². The third-order valence-electron chi connectivity index (χ3n) is 4.08. The summed E-state index contributed by atoms with van der Waals surface area (Å²) in [7, 11) is -2.38. The number of rotatable bonds is 5. The second-order valence-corrected chi connectivity index (χ2v) is 8.26. The predicted molar refractivity (Wildman–Crippen MR) is 108 cm³/mol. The summed E-state index contributed by atoms with van der Waals surface area (Å²) < 4.78 is 40.2. The summed E-state index contributed by atoms with van der Waals surface area (Å²) in [6, 6.07) is 17.9. The van der Waals surface area contributed by atoms with Crippen molar-refractivity contribution in [1.82, 2.24) is 0 Å². The van der Waals surface area contributed by atoms with Gasteiger partial charge in [-0.15, -0.1) is 0 Å². The number of sulfonamides is 1. The summed E-state index contributed by atoms with van der Waals surface area (Å²) >= 11 is 6.19. The molecule has 0 spiro atoms. The average Bonchev–Trinajstić information content (AvgIpc) is 2.69. The van der Waals surface area contributed by atoms with Crippen LogP contribution in [-0.4, -0.2) is 21.4 Å². The van der Waals surface area contributed by atoms with Crippen LogP contribution in [0.2, 0.25) is 5.02 Å². The molecule has 3 aromatic carbocycles. The van der Waals surface area contributed by atoms with Crippen LogP contribution in [0, 0.1) is 5.82 Å². The molecule has 0 aromatic heterocycles. The number of benzene rings is 3. The molecule has 28 heavy (non-hydrogen) atoms. The minimum absolute atomic E-state index is 0.0245. The normalized spacial score (nSPS) is 11.1. The number of para-hydroxylation sites is 1. The maximum atomic E-state index is 13.7. The van der Waals surface area contributed by atoms with Crippen LogP contribution < -0.4 is 9.62 Å². The highest BCUT2D eigenvalue weighted by atomic mass is 35.5. The molecule has 0 unspecified atom stereocenters. The topological polar surface area (TPSA) is 66.5 Å². The SMILES string of the molecule is CN(c1ccc(C(=O)Nc2ccccc2F)c(Cl)c1)S(=O)(=O)c1ccccc1. The number of carbonyl (C=O) groups excluding carboxylic acids is 1. The highest BCUT2D eigenvalue weighted by molar-refractivity contribution is 7.92. The lowest BCUT2D eigenvalue weighted by Crippen LogP contribution is -2.26. The third kappa shape index (κ3) is 4.00. The minimum atomic E-state index is -3.77. The third-order valence-corrected chi connectivity index (χ3v) is 6.20. The molecule has 3 rings (SSSR count). The van der Waals surface area contributed by atoms with E-state index in [1.54, 1.807) is 24.3 Å². The Morgan fingerprint density at radius 2 is 1.64 bits per heavy atom. The van der Waals surface area contributed by atoms with Gasteiger partial charge in [-0.25, -0.2) is 12.8 Å². The van der Waals surface area contributed by atoms with Gasteiger partial charge >= 0.3 is 0 Å². The first kappa shape index (κ1) is 19.9. The molecule has 3 aromatic rings. The predicted octanol–water partition coefficient (Wildman–Crippen LogP) is 4.56. The van der Waals surface area contributed by atoms with Crippen molar-refractivity contribution >= 4 is 38.9 Å². The molecule has 0 saturated carbocycles. The molecule has 0 fully saturated rings. The molecule has 0 atom stereocenters. The summed E-state index contributed by atoms with van der Waals surface area (Å²) in [4.78, 5) is 12.5. The van der Waals surface area contributed by atoms with Crippen LogP contribution in [-0.2, 0) is 10.0 Å². The van der Waals surface area contributed by atoms with Crippen molar-refractivity contribution in [2.75, 3.05) is 16.7 Å². The van der Waals surface area contributed by atoms with E-state index in [9.17, 15) is 17.6 Å². The number of hydrogen-bond acceptors (Lipinski definition) is 3. The van der Waals surface area contributed by atoms with Crippen molar-refractivity contribution in [1.29, 1.82) is 0 Å². The number of nitrogens with one attached hydrogen (secondary N) is 1. The second-order valence-electron chi connectivity index (χ2n) is 5.88. The number of halogens is 2. The number of amides is 1. The summed E-state index contributed by atoms with van der Waals surface area (Å²) in [5, 5.41) is 2.48. The van der Waals surface area contributed by atoms with E-state index in [1.165, 1.54) is 55.6 Å². The maximum absolute atomic E-state index is 13.7. The Kier molecular flexibility index (Phi) is 5.67. The standard InChI is InChI=1S/C20H16ClFN2O3S/c1-24(28(26,27)15-7-3-2-4-8-15)14-11-12-16(17(21)13-14)20(25)23-19-10-6-5-9-18(19)22/h2-13H,1H3,(H,23,25). The molecule has 144 valence electrons. The van der Waals surface area contributed by atoms with Crippen LogP contribution in [0.25, 0.3) is 0 Å². The van der Waals surface area contributed by atoms with E-state index in [1.807, 2.05) is 0 Å². The Balaban J connectivity index is 1.86. The fourth-order valence-corrected chi connectivity index (χ4v) is 3.99. The Morgan fingerprint density at radius 3 is 2.29 bits per heavy atom. The van der Waals surface area contributed by atoms with E-state index in [4.69, 9.17) is 11.6 Å². The van der Waals surface area contributed by atoms with Crippen LogP contribution in [0.15, 0.2) is 77.7 Å². The molecular weight excluding hydrogens is 403 g/mol. The van der Waals surface area contributed by atoms with E-state index in [0.717, 1.165) is 4.31 Å². The van der Waals surface area contributed by atoms with Crippen LogP contribution >= 0.6 is 11.6 Å². The van der Waals surface area contributed by atoms with Gasteiger partial charge in [0.15, 0.2) is 0 Å². The van der Waals surface area contributed by atoms with E-state index in [-0.39, 0.29) is 26.9 Å². The zero-order valence-electron chi connectivity index (χ0n) is 14.8. The minimum Gasteiger partial charge on any atom is -0.319 e. The van der Waals surface area contributed by atoms with Crippen LogP contribution in [0.1, 0.15) is 10.4 Å². The van der Waals surface area contributed by atoms with Crippen molar-refractivity contribution in [3.8, 4) is 0 Å². The lowest BCUT2D eigenvalue weighted by Gasteiger charge is -2.20. The molecule has 0 aliphatic heterocycles. The Bertz CT molecular complexity index is 1120. The summed E-state index contributed by atoms with van der Waals surface area (Å²) in [5.74, 6) is -1.17.